The lowest BCUT2D eigenvalue weighted by Crippen LogP contribution is -2.52. The molecule has 0 amide bonds. The quantitative estimate of drug-likeness (QED) is 0.493. The van der Waals surface area contributed by atoms with Crippen LogP contribution in [0.15, 0.2) is 29.3 Å². The van der Waals surface area contributed by atoms with Crippen molar-refractivity contribution in [2.75, 3.05) is 19.8 Å². The predicted molar refractivity (Wildman–Crippen MR) is 107 cm³/mol. The second kappa shape index (κ2) is 8.73. The predicted octanol–water partition coefficient (Wildman–Crippen LogP) is 1.86. The van der Waals surface area contributed by atoms with Gasteiger partial charge in [0.1, 0.15) is 11.4 Å². The van der Waals surface area contributed by atoms with Gasteiger partial charge in [-0.2, -0.15) is 0 Å². The van der Waals surface area contributed by atoms with Crippen molar-refractivity contribution in [1.82, 2.24) is 15.4 Å². The summed E-state index contributed by atoms with van der Waals surface area (Å²) in [5.41, 5.74) is 0.0921. The van der Waals surface area contributed by atoms with Gasteiger partial charge in [0.05, 0.1) is 6.26 Å². The summed E-state index contributed by atoms with van der Waals surface area (Å²) in [5.74, 6) is 1.40. The molecule has 0 bridgehead atoms. The molecule has 0 spiro atoms. The summed E-state index contributed by atoms with van der Waals surface area (Å²) >= 11 is 0. The van der Waals surface area contributed by atoms with E-state index in [1.807, 2.05) is 45.0 Å². The molecule has 0 aliphatic rings. The molecule has 0 fully saturated rings. The average molecular weight is 385 g/mol. The molecule has 3 N–H and O–H groups in total. The number of aliphatic imine (C=N–C) groups is 1. The summed E-state index contributed by atoms with van der Waals surface area (Å²) < 4.78 is 31.4. The van der Waals surface area contributed by atoms with Crippen molar-refractivity contribution in [3.63, 3.8) is 0 Å². The Balaban J connectivity index is 2.68. The van der Waals surface area contributed by atoms with Crippen LogP contribution in [-0.4, -0.2) is 45.4 Å². The third-order valence-electron chi connectivity index (χ3n) is 3.22. The number of guanidine groups is 1. The minimum atomic E-state index is -3.28. The maximum absolute atomic E-state index is 11.4. The molecule has 0 saturated heterocycles. The van der Waals surface area contributed by atoms with E-state index in [0.29, 0.717) is 19.0 Å². The summed E-state index contributed by atoms with van der Waals surface area (Å²) in [4.78, 5) is 4.18. The summed E-state index contributed by atoms with van der Waals surface area (Å²) in [6.07, 6.45) is 1.15. The third-order valence-corrected chi connectivity index (χ3v) is 4.14. The van der Waals surface area contributed by atoms with Crippen molar-refractivity contribution in [2.24, 2.45) is 4.99 Å². The fourth-order valence-electron chi connectivity index (χ4n) is 2.32. The molecule has 1 aromatic carbocycles. The molecule has 148 valence electrons. The Bertz CT molecular complexity index is 722. The molecule has 0 unspecified atom stereocenters. The van der Waals surface area contributed by atoms with Crippen molar-refractivity contribution in [2.45, 2.75) is 52.3 Å². The van der Waals surface area contributed by atoms with Crippen molar-refractivity contribution in [3.05, 3.63) is 29.8 Å². The first-order valence-corrected chi connectivity index (χ1v) is 10.4. The van der Waals surface area contributed by atoms with E-state index in [9.17, 15) is 8.42 Å². The van der Waals surface area contributed by atoms with E-state index in [2.05, 4.69) is 20.3 Å². The van der Waals surface area contributed by atoms with Crippen LogP contribution >= 0.6 is 0 Å². The van der Waals surface area contributed by atoms with Crippen LogP contribution in [0.1, 0.15) is 40.2 Å². The number of nitrogens with zero attached hydrogens (tertiary/aromatic N) is 1. The number of hydrogen-bond acceptors (Lipinski definition) is 4. The van der Waals surface area contributed by atoms with Crippen LogP contribution in [0.5, 0.6) is 5.75 Å². The smallest absolute Gasteiger partial charge is 0.209 e. The third kappa shape index (κ3) is 9.05. The normalized spacial score (nSPS) is 13.4. The number of benzene rings is 1. The second-order valence-corrected chi connectivity index (χ2v) is 9.61. The van der Waals surface area contributed by atoms with Gasteiger partial charge in [0, 0.05) is 31.2 Å². The SMILES string of the molecule is CN=C(NCc1ccccc1OC(C)(C)C)NCC(C)(C)NS(C)(=O)=O. The summed E-state index contributed by atoms with van der Waals surface area (Å²) in [5, 5.41) is 6.37. The highest BCUT2D eigenvalue weighted by molar-refractivity contribution is 7.88. The zero-order valence-corrected chi connectivity index (χ0v) is 17.6. The lowest BCUT2D eigenvalue weighted by molar-refractivity contribution is 0.129. The molecular formula is C18H32N4O3S. The van der Waals surface area contributed by atoms with Crippen molar-refractivity contribution < 1.29 is 13.2 Å². The first-order chi connectivity index (χ1) is 11.8. The maximum Gasteiger partial charge on any atom is 0.209 e. The van der Waals surface area contributed by atoms with Gasteiger partial charge in [-0.15, -0.1) is 0 Å². The molecule has 7 nitrogen and oxygen atoms in total. The topological polar surface area (TPSA) is 91.8 Å². The lowest BCUT2D eigenvalue weighted by atomic mass is 10.1. The Labute approximate surface area is 157 Å². The molecule has 1 aromatic rings. The van der Waals surface area contributed by atoms with E-state index in [4.69, 9.17) is 4.74 Å². The van der Waals surface area contributed by atoms with Gasteiger partial charge in [-0.25, -0.2) is 13.1 Å². The number of ether oxygens (including phenoxy) is 1. The van der Waals surface area contributed by atoms with E-state index in [1.54, 1.807) is 20.9 Å². The first-order valence-electron chi connectivity index (χ1n) is 8.52. The number of nitrogens with one attached hydrogen (secondary N) is 3. The Morgan fingerprint density at radius 1 is 1.12 bits per heavy atom. The van der Waals surface area contributed by atoms with Crippen LogP contribution in [-0.2, 0) is 16.6 Å². The number of rotatable bonds is 7. The highest BCUT2D eigenvalue weighted by Crippen LogP contribution is 2.22. The Hall–Kier alpha value is -1.80. The molecule has 0 aliphatic carbocycles. The molecule has 1 rings (SSSR count). The van der Waals surface area contributed by atoms with Crippen LogP contribution in [0.2, 0.25) is 0 Å². The molecule has 0 aliphatic heterocycles. The second-order valence-electron chi connectivity index (χ2n) is 7.86. The van der Waals surface area contributed by atoms with Crippen LogP contribution in [0.4, 0.5) is 0 Å². The molecule has 8 heteroatoms. The highest BCUT2D eigenvalue weighted by atomic mass is 32.2. The molecule has 0 atom stereocenters. The minimum Gasteiger partial charge on any atom is -0.488 e. The van der Waals surface area contributed by atoms with Crippen LogP contribution in [0.3, 0.4) is 0 Å². The zero-order chi connectivity index (χ0) is 20.0. The fourth-order valence-corrected chi connectivity index (χ4v) is 3.40. The molecule has 0 saturated carbocycles. The highest BCUT2D eigenvalue weighted by Gasteiger charge is 2.22. The van der Waals surface area contributed by atoms with Crippen molar-refractivity contribution in [1.29, 1.82) is 0 Å². The van der Waals surface area contributed by atoms with Gasteiger partial charge in [0.2, 0.25) is 10.0 Å². The van der Waals surface area contributed by atoms with Crippen LogP contribution < -0.4 is 20.1 Å². The maximum atomic E-state index is 11.4. The monoisotopic (exact) mass is 384 g/mol. The van der Waals surface area contributed by atoms with Gasteiger partial charge in [0.25, 0.3) is 0 Å². The summed E-state index contributed by atoms with van der Waals surface area (Å²) in [6.45, 7) is 10.6. The fraction of sp³-hybridized carbons (Fsp3) is 0.611. The lowest BCUT2D eigenvalue weighted by Gasteiger charge is -2.26. The Morgan fingerprint density at radius 3 is 2.27 bits per heavy atom. The number of para-hydroxylation sites is 1. The van der Waals surface area contributed by atoms with Crippen LogP contribution in [0, 0.1) is 0 Å². The molecule has 0 radical (unpaired) electrons. The average Bonchev–Trinajstić information content (AvgIpc) is 2.44. The standard InChI is InChI=1S/C18H32N4O3S/c1-17(2,3)25-15-11-9-8-10-14(15)12-20-16(19-6)21-13-18(4,5)22-26(7,23)24/h8-11,22H,12-13H2,1-7H3,(H2,19,20,21). The van der Waals surface area contributed by atoms with E-state index in [0.717, 1.165) is 17.6 Å². The van der Waals surface area contributed by atoms with Gasteiger partial charge in [-0.3, -0.25) is 4.99 Å². The largest absolute Gasteiger partial charge is 0.488 e. The molecule has 26 heavy (non-hydrogen) atoms. The zero-order valence-electron chi connectivity index (χ0n) is 16.8. The van der Waals surface area contributed by atoms with E-state index < -0.39 is 15.6 Å². The Morgan fingerprint density at radius 2 is 1.73 bits per heavy atom. The van der Waals surface area contributed by atoms with E-state index in [1.165, 1.54) is 0 Å². The first kappa shape index (κ1) is 22.2. The summed E-state index contributed by atoms with van der Waals surface area (Å²) in [7, 11) is -1.61. The Kier molecular flexibility index (Phi) is 7.46. The van der Waals surface area contributed by atoms with Crippen molar-refractivity contribution in [3.8, 4) is 5.75 Å². The van der Waals surface area contributed by atoms with Crippen molar-refractivity contribution >= 4 is 16.0 Å². The van der Waals surface area contributed by atoms with Crippen LogP contribution in [0.25, 0.3) is 0 Å². The van der Waals surface area contributed by atoms with Gasteiger partial charge in [-0.05, 0) is 40.7 Å². The minimum absolute atomic E-state index is 0.280. The van der Waals surface area contributed by atoms with Gasteiger partial charge < -0.3 is 15.4 Å². The number of sulfonamides is 1. The van der Waals surface area contributed by atoms with Gasteiger partial charge in [-0.1, -0.05) is 18.2 Å². The molecular weight excluding hydrogens is 352 g/mol. The number of hydrogen-bond donors (Lipinski definition) is 3. The summed E-state index contributed by atoms with van der Waals surface area (Å²) in [6, 6.07) is 7.84. The van der Waals surface area contributed by atoms with E-state index in [-0.39, 0.29) is 5.60 Å². The van der Waals surface area contributed by atoms with E-state index >= 15 is 0 Å². The van der Waals surface area contributed by atoms with Gasteiger partial charge in [0.15, 0.2) is 5.96 Å². The molecule has 0 heterocycles. The van der Waals surface area contributed by atoms with Gasteiger partial charge >= 0.3 is 0 Å². The molecule has 0 aromatic heterocycles.